The normalized spacial score (nSPS) is 13.8. The monoisotopic (exact) mass is 652 g/mol. The van der Waals surface area contributed by atoms with Crippen molar-refractivity contribution < 1.29 is 20.1 Å². The van der Waals surface area contributed by atoms with Crippen molar-refractivity contribution in [2.75, 3.05) is 6.61 Å². The van der Waals surface area contributed by atoms with Gasteiger partial charge in [-0.3, -0.25) is 4.79 Å². The minimum absolute atomic E-state index is 0.0335. The molecule has 0 rings (SSSR count). The Balaban J connectivity index is 3.65. The summed E-state index contributed by atoms with van der Waals surface area (Å²) in [7, 11) is 0. The van der Waals surface area contributed by atoms with Gasteiger partial charge >= 0.3 is 0 Å². The van der Waals surface area contributed by atoms with E-state index in [1.807, 2.05) is 0 Å². The fraction of sp³-hybridized carbons (Fsp3) is 0.927. The fourth-order valence-corrected chi connectivity index (χ4v) is 6.40. The lowest BCUT2D eigenvalue weighted by molar-refractivity contribution is -0.125. The minimum atomic E-state index is -0.747. The van der Waals surface area contributed by atoms with Gasteiger partial charge in [-0.1, -0.05) is 187 Å². The average Bonchev–Trinajstić information content (AvgIpc) is 3.05. The number of carbonyl (C=O) groups is 1. The van der Waals surface area contributed by atoms with E-state index in [4.69, 9.17) is 0 Å². The second kappa shape index (κ2) is 36.9. The largest absolute Gasteiger partial charge is 0.394 e. The predicted molar refractivity (Wildman–Crippen MR) is 199 cm³/mol. The molecule has 0 aromatic heterocycles. The highest BCUT2D eigenvalue weighted by Crippen LogP contribution is 2.16. The van der Waals surface area contributed by atoms with Crippen molar-refractivity contribution in [2.45, 2.75) is 238 Å². The maximum absolute atomic E-state index is 12.4. The molecule has 5 heteroatoms. The van der Waals surface area contributed by atoms with Gasteiger partial charge in [0.1, 0.15) is 0 Å². The van der Waals surface area contributed by atoms with E-state index in [9.17, 15) is 20.1 Å². The van der Waals surface area contributed by atoms with E-state index in [1.165, 1.54) is 154 Å². The van der Waals surface area contributed by atoms with Crippen LogP contribution in [0.4, 0.5) is 0 Å². The molecule has 0 radical (unpaired) electrons. The van der Waals surface area contributed by atoms with Crippen molar-refractivity contribution in [3.63, 3.8) is 0 Å². The van der Waals surface area contributed by atoms with Crippen LogP contribution in [-0.4, -0.2) is 46.1 Å². The molecular formula is C41H81NO4. The number of carbonyl (C=O) groups excluding carboxylic acids is 1. The van der Waals surface area contributed by atoms with Gasteiger partial charge in [0.2, 0.25) is 5.91 Å². The standard InChI is InChI=1S/C41H81NO4/c1-3-5-7-9-11-13-15-17-19-20-21-22-24-26-28-30-32-34-38(44)36-41(46)42-39(37-43)40(45)35-33-31-29-27-25-23-18-16-14-12-10-8-6-4-2/h20-21,38-40,43-45H,3-19,22-37H2,1-2H3,(H,42,46)/b21-20-. The second-order valence-electron chi connectivity index (χ2n) is 14.2. The number of rotatable bonds is 37. The minimum Gasteiger partial charge on any atom is -0.394 e. The maximum Gasteiger partial charge on any atom is 0.222 e. The topological polar surface area (TPSA) is 89.8 Å². The highest BCUT2D eigenvalue weighted by Gasteiger charge is 2.21. The molecule has 0 saturated heterocycles. The number of hydrogen-bond acceptors (Lipinski definition) is 4. The molecule has 4 N–H and O–H groups in total. The molecule has 0 aromatic carbocycles. The SMILES string of the molecule is CCCCCCCCCC/C=C\CCCCCCCC(O)CC(=O)NC(CO)C(O)CCCCCCCCCCCCCCCC. The van der Waals surface area contributed by atoms with Crippen LogP contribution in [0.25, 0.3) is 0 Å². The van der Waals surface area contributed by atoms with E-state index in [-0.39, 0.29) is 18.9 Å². The lowest BCUT2D eigenvalue weighted by atomic mass is 10.0. The van der Waals surface area contributed by atoms with Crippen LogP contribution in [0.5, 0.6) is 0 Å². The van der Waals surface area contributed by atoms with Crippen molar-refractivity contribution in [2.24, 2.45) is 0 Å². The third kappa shape index (κ3) is 33.0. The van der Waals surface area contributed by atoms with Crippen LogP contribution < -0.4 is 5.32 Å². The predicted octanol–water partition coefficient (Wildman–Crippen LogP) is 11.3. The Morgan fingerprint density at radius 2 is 0.870 bits per heavy atom. The van der Waals surface area contributed by atoms with Crippen molar-refractivity contribution in [3.05, 3.63) is 12.2 Å². The number of aliphatic hydroxyl groups is 3. The summed E-state index contributed by atoms with van der Waals surface area (Å²) in [6.45, 7) is 4.26. The second-order valence-corrected chi connectivity index (χ2v) is 14.2. The number of unbranched alkanes of at least 4 members (excludes halogenated alkanes) is 26. The zero-order valence-corrected chi connectivity index (χ0v) is 31.0. The summed E-state index contributed by atoms with van der Waals surface area (Å²) in [4.78, 5) is 12.4. The van der Waals surface area contributed by atoms with Gasteiger partial charge in [0.15, 0.2) is 0 Å². The van der Waals surface area contributed by atoms with E-state index < -0.39 is 18.2 Å². The Hall–Kier alpha value is -0.910. The summed E-state index contributed by atoms with van der Waals surface area (Å²) in [5.74, 6) is -0.287. The third-order valence-electron chi connectivity index (χ3n) is 9.58. The van der Waals surface area contributed by atoms with Crippen molar-refractivity contribution in [1.82, 2.24) is 5.32 Å². The first-order valence-corrected chi connectivity index (χ1v) is 20.5. The molecular weight excluding hydrogens is 570 g/mol. The molecule has 1 amide bonds. The van der Waals surface area contributed by atoms with E-state index in [1.54, 1.807) is 0 Å². The van der Waals surface area contributed by atoms with E-state index in [2.05, 4.69) is 31.3 Å². The molecule has 0 aliphatic rings. The molecule has 3 unspecified atom stereocenters. The van der Waals surface area contributed by atoms with Gasteiger partial charge in [0, 0.05) is 0 Å². The molecule has 0 heterocycles. The number of hydrogen-bond donors (Lipinski definition) is 4. The Morgan fingerprint density at radius 3 is 1.26 bits per heavy atom. The summed E-state index contributed by atoms with van der Waals surface area (Å²) in [5, 5.41) is 33.3. The van der Waals surface area contributed by atoms with Gasteiger partial charge in [-0.2, -0.15) is 0 Å². The van der Waals surface area contributed by atoms with Crippen LogP contribution in [0.1, 0.15) is 219 Å². The summed E-state index contributed by atoms with van der Waals surface area (Å²) >= 11 is 0. The molecule has 5 nitrogen and oxygen atoms in total. The van der Waals surface area contributed by atoms with E-state index in [0.717, 1.165) is 32.1 Å². The molecule has 0 saturated carbocycles. The van der Waals surface area contributed by atoms with Crippen LogP contribution in [0.15, 0.2) is 12.2 Å². The first kappa shape index (κ1) is 45.1. The average molecular weight is 652 g/mol. The molecule has 0 aliphatic heterocycles. The van der Waals surface area contributed by atoms with Crippen LogP contribution in [-0.2, 0) is 4.79 Å². The summed E-state index contributed by atoms with van der Waals surface area (Å²) < 4.78 is 0. The Bertz CT molecular complexity index is 640. The zero-order chi connectivity index (χ0) is 33.8. The fourth-order valence-electron chi connectivity index (χ4n) is 6.40. The van der Waals surface area contributed by atoms with Crippen LogP contribution in [0, 0.1) is 0 Å². The third-order valence-corrected chi connectivity index (χ3v) is 9.58. The van der Waals surface area contributed by atoms with Crippen molar-refractivity contribution >= 4 is 5.91 Å². The van der Waals surface area contributed by atoms with Crippen LogP contribution in [0.2, 0.25) is 0 Å². The van der Waals surface area contributed by atoms with Gasteiger partial charge < -0.3 is 20.6 Å². The quantitative estimate of drug-likeness (QED) is 0.0397. The van der Waals surface area contributed by atoms with Gasteiger partial charge in [0.25, 0.3) is 0 Å². The first-order chi connectivity index (χ1) is 22.5. The summed E-state index contributed by atoms with van der Waals surface area (Å²) in [6.07, 6.45) is 41.6. The summed E-state index contributed by atoms with van der Waals surface area (Å²) in [6, 6.07) is -0.656. The van der Waals surface area contributed by atoms with Gasteiger partial charge in [0.05, 0.1) is 31.3 Å². The van der Waals surface area contributed by atoms with Crippen molar-refractivity contribution in [1.29, 1.82) is 0 Å². The molecule has 46 heavy (non-hydrogen) atoms. The van der Waals surface area contributed by atoms with E-state index >= 15 is 0 Å². The highest BCUT2D eigenvalue weighted by molar-refractivity contribution is 5.76. The van der Waals surface area contributed by atoms with Crippen LogP contribution >= 0.6 is 0 Å². The maximum atomic E-state index is 12.4. The molecule has 0 fully saturated rings. The first-order valence-electron chi connectivity index (χ1n) is 20.5. The Labute approximate surface area is 287 Å². The summed E-state index contributed by atoms with van der Waals surface area (Å²) in [5.41, 5.74) is 0. The molecule has 0 spiro atoms. The highest BCUT2D eigenvalue weighted by atomic mass is 16.3. The lowest BCUT2D eigenvalue weighted by Gasteiger charge is -2.23. The molecule has 3 atom stereocenters. The number of nitrogens with one attached hydrogen (secondary N) is 1. The van der Waals surface area contributed by atoms with Gasteiger partial charge in [-0.25, -0.2) is 0 Å². The van der Waals surface area contributed by atoms with E-state index in [0.29, 0.717) is 12.8 Å². The lowest BCUT2D eigenvalue weighted by Crippen LogP contribution is -2.46. The molecule has 0 aliphatic carbocycles. The van der Waals surface area contributed by atoms with Crippen molar-refractivity contribution in [3.8, 4) is 0 Å². The molecule has 0 aromatic rings. The molecule has 274 valence electrons. The smallest absolute Gasteiger partial charge is 0.222 e. The Kier molecular flexibility index (Phi) is 36.2. The number of aliphatic hydroxyl groups excluding tert-OH is 3. The van der Waals surface area contributed by atoms with Gasteiger partial charge in [-0.15, -0.1) is 0 Å². The molecule has 0 bridgehead atoms. The Morgan fingerprint density at radius 1 is 0.522 bits per heavy atom. The van der Waals surface area contributed by atoms with Gasteiger partial charge in [-0.05, 0) is 38.5 Å². The number of amides is 1. The number of allylic oxidation sites excluding steroid dienone is 2. The van der Waals surface area contributed by atoms with Crippen LogP contribution in [0.3, 0.4) is 0 Å². The zero-order valence-electron chi connectivity index (χ0n) is 31.0.